The molecule has 33 heavy (non-hydrogen) atoms. The minimum Gasteiger partial charge on any atom is -0.491 e. The summed E-state index contributed by atoms with van der Waals surface area (Å²) in [6, 6.07) is 13.0. The van der Waals surface area contributed by atoms with Gasteiger partial charge in [-0.15, -0.1) is 0 Å². The van der Waals surface area contributed by atoms with Crippen molar-refractivity contribution < 1.29 is 22.7 Å². The van der Waals surface area contributed by atoms with Crippen molar-refractivity contribution in [1.82, 2.24) is 14.5 Å². The molecule has 0 bridgehead atoms. The fourth-order valence-electron chi connectivity index (χ4n) is 3.17. The zero-order valence-corrected chi connectivity index (χ0v) is 20.2. The molecule has 0 aromatic heterocycles. The smallest absolute Gasteiger partial charge is 0.257 e. The molecule has 11 heteroatoms. The molecule has 1 amide bonds. The maximum absolute atomic E-state index is 12.8. The number of rotatable bonds is 8. The van der Waals surface area contributed by atoms with Gasteiger partial charge in [-0.25, -0.2) is 8.42 Å². The van der Waals surface area contributed by atoms with Crippen molar-refractivity contribution in [3.05, 3.63) is 54.1 Å². The summed E-state index contributed by atoms with van der Waals surface area (Å²) in [5, 5.41) is 5.61. The Kier molecular flexibility index (Phi) is 8.75. The average Bonchev–Trinajstić information content (AvgIpc) is 2.80. The van der Waals surface area contributed by atoms with Crippen LogP contribution in [0.25, 0.3) is 0 Å². The standard InChI is InChI=1S/C22H28N4O5S2/c1-25-11-13-26(14-12-25)33(28,29)20-9-5-18(6-10-20)23-22(32)24-21(27)17-3-7-19(8-4-17)31-16-15-30-2/h3-10H,11-16H2,1-2H3,(H2,23,24,27,32). The topological polar surface area (TPSA) is 100 Å². The zero-order chi connectivity index (χ0) is 23.8. The SMILES string of the molecule is COCCOc1ccc(C(=O)NC(=S)Nc2ccc(S(=O)(=O)N3CCN(C)CC3)cc2)cc1. The van der Waals surface area contributed by atoms with Gasteiger partial charge in [0.1, 0.15) is 12.4 Å². The van der Waals surface area contributed by atoms with Crippen LogP contribution in [-0.2, 0) is 14.8 Å². The predicted octanol–water partition coefficient (Wildman–Crippen LogP) is 1.77. The van der Waals surface area contributed by atoms with Gasteiger partial charge in [0.25, 0.3) is 5.91 Å². The normalized spacial score (nSPS) is 15.1. The third kappa shape index (κ3) is 6.95. The fraction of sp³-hybridized carbons (Fsp3) is 0.364. The van der Waals surface area contributed by atoms with Gasteiger partial charge in [-0.3, -0.25) is 10.1 Å². The van der Waals surface area contributed by atoms with Gasteiger partial charge in [-0.1, -0.05) is 0 Å². The molecular formula is C22H28N4O5S2. The van der Waals surface area contributed by atoms with Gasteiger partial charge in [0, 0.05) is 44.5 Å². The van der Waals surface area contributed by atoms with E-state index in [1.54, 1.807) is 43.5 Å². The number of ether oxygens (including phenoxy) is 2. The first-order valence-corrected chi connectivity index (χ1v) is 12.3. The predicted molar refractivity (Wildman–Crippen MR) is 130 cm³/mol. The van der Waals surface area contributed by atoms with Crippen LogP contribution in [0.4, 0.5) is 5.69 Å². The molecule has 3 rings (SSSR count). The third-order valence-corrected chi connectivity index (χ3v) is 7.23. The second-order valence-corrected chi connectivity index (χ2v) is 9.85. The van der Waals surface area contributed by atoms with Gasteiger partial charge in [0.2, 0.25) is 10.0 Å². The molecule has 2 aromatic rings. The van der Waals surface area contributed by atoms with E-state index in [1.165, 1.54) is 16.4 Å². The minimum atomic E-state index is -3.54. The van der Waals surface area contributed by atoms with Crippen LogP contribution in [-0.4, -0.2) is 82.2 Å². The number of hydrogen-bond donors (Lipinski definition) is 2. The Hall–Kier alpha value is -2.57. The van der Waals surface area contributed by atoms with Gasteiger partial charge in [0.05, 0.1) is 11.5 Å². The van der Waals surface area contributed by atoms with Crippen LogP contribution in [0.5, 0.6) is 5.75 Å². The van der Waals surface area contributed by atoms with Crippen molar-refractivity contribution in [2.75, 3.05) is 58.9 Å². The largest absolute Gasteiger partial charge is 0.491 e. The van der Waals surface area contributed by atoms with Gasteiger partial charge in [0.15, 0.2) is 5.11 Å². The van der Waals surface area contributed by atoms with E-state index in [4.69, 9.17) is 21.7 Å². The molecule has 0 radical (unpaired) electrons. The average molecular weight is 493 g/mol. The summed E-state index contributed by atoms with van der Waals surface area (Å²) in [4.78, 5) is 14.7. The van der Waals surface area contributed by atoms with E-state index in [1.807, 2.05) is 7.05 Å². The molecule has 0 aliphatic carbocycles. The zero-order valence-electron chi connectivity index (χ0n) is 18.6. The molecule has 0 saturated carbocycles. The lowest BCUT2D eigenvalue weighted by Gasteiger charge is -2.31. The number of hydrogen-bond acceptors (Lipinski definition) is 7. The molecule has 9 nitrogen and oxygen atoms in total. The number of sulfonamides is 1. The first kappa shape index (κ1) is 25.1. The highest BCUT2D eigenvalue weighted by Crippen LogP contribution is 2.20. The Morgan fingerprint density at radius 3 is 2.24 bits per heavy atom. The monoisotopic (exact) mass is 492 g/mol. The van der Waals surface area contributed by atoms with E-state index in [0.717, 1.165) is 0 Å². The van der Waals surface area contributed by atoms with Crippen molar-refractivity contribution in [3.8, 4) is 5.75 Å². The molecule has 0 atom stereocenters. The highest BCUT2D eigenvalue weighted by atomic mass is 32.2. The Morgan fingerprint density at radius 2 is 1.64 bits per heavy atom. The second-order valence-electron chi connectivity index (χ2n) is 7.51. The van der Waals surface area contributed by atoms with E-state index in [-0.39, 0.29) is 15.9 Å². The number of benzene rings is 2. The van der Waals surface area contributed by atoms with Crippen LogP contribution in [0.3, 0.4) is 0 Å². The first-order chi connectivity index (χ1) is 15.8. The highest BCUT2D eigenvalue weighted by Gasteiger charge is 2.27. The van der Waals surface area contributed by atoms with Crippen molar-refractivity contribution in [2.24, 2.45) is 0 Å². The molecule has 1 heterocycles. The highest BCUT2D eigenvalue weighted by molar-refractivity contribution is 7.89. The molecular weight excluding hydrogens is 464 g/mol. The molecule has 2 aromatic carbocycles. The van der Waals surface area contributed by atoms with Gasteiger partial charge < -0.3 is 19.7 Å². The molecule has 1 fully saturated rings. The lowest BCUT2D eigenvalue weighted by atomic mass is 10.2. The molecule has 0 spiro atoms. The number of carbonyl (C=O) groups is 1. The minimum absolute atomic E-state index is 0.107. The van der Waals surface area contributed by atoms with Crippen LogP contribution in [0.2, 0.25) is 0 Å². The lowest BCUT2D eigenvalue weighted by Crippen LogP contribution is -2.46. The Labute approximate surface area is 199 Å². The summed E-state index contributed by atoms with van der Waals surface area (Å²) in [6.07, 6.45) is 0. The fourth-order valence-corrected chi connectivity index (χ4v) is 4.80. The quantitative estimate of drug-likeness (QED) is 0.425. The number of amides is 1. The maximum atomic E-state index is 12.8. The summed E-state index contributed by atoms with van der Waals surface area (Å²) >= 11 is 5.22. The number of piperazine rings is 1. The Balaban J connectivity index is 1.53. The van der Waals surface area contributed by atoms with E-state index in [0.29, 0.717) is 56.4 Å². The number of methoxy groups -OCH3 is 1. The van der Waals surface area contributed by atoms with Crippen molar-refractivity contribution in [2.45, 2.75) is 4.90 Å². The van der Waals surface area contributed by atoms with E-state index in [2.05, 4.69) is 15.5 Å². The number of anilines is 1. The van der Waals surface area contributed by atoms with Crippen LogP contribution >= 0.6 is 12.2 Å². The van der Waals surface area contributed by atoms with Crippen molar-refractivity contribution >= 4 is 38.9 Å². The number of carbonyl (C=O) groups excluding carboxylic acids is 1. The van der Waals surface area contributed by atoms with Gasteiger partial charge in [-0.2, -0.15) is 4.31 Å². The van der Waals surface area contributed by atoms with Crippen LogP contribution < -0.4 is 15.4 Å². The lowest BCUT2D eigenvalue weighted by molar-refractivity contribution is 0.0977. The summed E-state index contributed by atoms with van der Waals surface area (Å²) in [5.74, 6) is 0.265. The van der Waals surface area contributed by atoms with E-state index < -0.39 is 10.0 Å². The van der Waals surface area contributed by atoms with Gasteiger partial charge >= 0.3 is 0 Å². The van der Waals surface area contributed by atoms with Crippen molar-refractivity contribution in [3.63, 3.8) is 0 Å². The summed E-state index contributed by atoms with van der Waals surface area (Å²) in [6.45, 7) is 3.24. The number of likely N-dealkylation sites (N-methyl/N-ethyl adjacent to an activating group) is 1. The number of nitrogens with one attached hydrogen (secondary N) is 2. The number of nitrogens with zero attached hydrogens (tertiary/aromatic N) is 2. The molecule has 0 unspecified atom stereocenters. The molecule has 1 saturated heterocycles. The van der Waals surface area contributed by atoms with Crippen molar-refractivity contribution in [1.29, 1.82) is 0 Å². The first-order valence-electron chi connectivity index (χ1n) is 10.4. The summed E-state index contributed by atoms with van der Waals surface area (Å²) in [7, 11) is 0.0303. The molecule has 1 aliphatic heterocycles. The van der Waals surface area contributed by atoms with Gasteiger partial charge in [-0.05, 0) is 67.8 Å². The summed E-state index contributed by atoms with van der Waals surface area (Å²) < 4.78 is 37.5. The van der Waals surface area contributed by atoms with E-state index >= 15 is 0 Å². The Morgan fingerprint density at radius 1 is 1.00 bits per heavy atom. The second kappa shape index (κ2) is 11.5. The Bertz CT molecular complexity index is 1050. The van der Waals surface area contributed by atoms with Crippen LogP contribution in [0, 0.1) is 0 Å². The third-order valence-electron chi connectivity index (χ3n) is 5.11. The van der Waals surface area contributed by atoms with E-state index in [9.17, 15) is 13.2 Å². The molecule has 2 N–H and O–H groups in total. The molecule has 178 valence electrons. The number of thiocarbonyl (C=S) groups is 1. The van der Waals surface area contributed by atoms with Crippen LogP contribution in [0.15, 0.2) is 53.4 Å². The van der Waals surface area contributed by atoms with Crippen LogP contribution in [0.1, 0.15) is 10.4 Å². The molecule has 1 aliphatic rings. The summed E-state index contributed by atoms with van der Waals surface area (Å²) in [5.41, 5.74) is 0.992. The maximum Gasteiger partial charge on any atom is 0.257 e.